The normalized spacial score (nSPS) is 10.3. The van der Waals surface area contributed by atoms with Crippen molar-refractivity contribution < 1.29 is 185 Å². The Hall–Kier alpha value is 3.25. The van der Waals surface area contributed by atoms with Gasteiger partial charge in [0.15, 0.2) is 0 Å². The molecule has 29 heteroatoms. The Morgan fingerprint density at radius 2 is 0.172 bits per heavy atom. The van der Waals surface area contributed by atoms with Crippen molar-refractivity contribution in [3.63, 3.8) is 0 Å². The Bertz CT molecular complexity index is 182. The Labute approximate surface area is 228 Å². The minimum Gasteiger partial charge on any atom is -0.894 e. The van der Waals surface area contributed by atoms with Gasteiger partial charge in [0, 0.05) is 0 Å². The van der Waals surface area contributed by atoms with Crippen LogP contribution in [0, 0.1) is 0 Å². The third-order valence-corrected chi connectivity index (χ3v) is 0. The van der Waals surface area contributed by atoms with Crippen LogP contribution in [-0.2, 0) is 89.5 Å². The first-order chi connectivity index (χ1) is 10.0. The average molecular weight is 832 g/mol. The van der Waals surface area contributed by atoms with Crippen molar-refractivity contribution in [1.82, 2.24) is 0 Å². The second-order valence-corrected chi connectivity index (χ2v) is 7.50. The van der Waals surface area contributed by atoms with E-state index >= 15 is 0 Å². The number of rotatable bonds is 0. The molecular weight excluding hydrogens is 832 g/mol. The van der Waals surface area contributed by atoms with Crippen molar-refractivity contribution in [2.75, 3.05) is 0 Å². The van der Waals surface area contributed by atoms with Crippen molar-refractivity contribution in [2.45, 2.75) is 0 Å². The summed E-state index contributed by atoms with van der Waals surface area (Å²) < 4.78 is 0. The second kappa shape index (κ2) is 25.9. The molecule has 0 aliphatic rings. The van der Waals surface area contributed by atoms with Crippen LogP contribution in [0.2, 0.25) is 0 Å². The molecule has 0 amide bonds. The number of hydrogen-bond donors (Lipinski definition) is 0. The van der Waals surface area contributed by atoms with Crippen LogP contribution in [-0.4, -0.2) is 45.2 Å². The zero-order valence-electron chi connectivity index (χ0n) is 12.5. The summed E-state index contributed by atoms with van der Waals surface area (Å²) in [4.78, 5) is 172. The van der Waals surface area contributed by atoms with Crippen molar-refractivity contribution in [3.05, 3.63) is 0 Å². The van der Waals surface area contributed by atoms with Gasteiger partial charge in [0.25, 0.3) is 0 Å². The molecule has 0 aromatic carbocycles. The van der Waals surface area contributed by atoms with Gasteiger partial charge in [-0.15, -0.1) is 0 Å². The van der Waals surface area contributed by atoms with Gasteiger partial charge >= 0.3 is 89.5 Å². The van der Waals surface area contributed by atoms with Gasteiger partial charge in [-0.1, -0.05) is 0 Å². The van der Waals surface area contributed by atoms with Crippen LogP contribution in [0.4, 0.5) is 0 Å². The topological polar surface area (TPSA) is 461 Å². The molecule has 0 rings (SSSR count). The van der Waals surface area contributed by atoms with Gasteiger partial charge in [-0.2, -0.15) is 0 Å². The van der Waals surface area contributed by atoms with E-state index in [9.17, 15) is 0 Å². The molecule has 20 nitrogen and oxygen atoms in total. The van der Waals surface area contributed by atoms with E-state index in [4.69, 9.17) is 95.9 Å². The number of hydrogen-bond acceptors (Lipinski definition) is 20. The van der Waals surface area contributed by atoms with Crippen LogP contribution in [0.25, 0.3) is 0 Å². The van der Waals surface area contributed by atoms with E-state index in [0.717, 1.165) is 0 Å². The fraction of sp³-hybridized carbons (Fsp3) is 0. The second-order valence-electron chi connectivity index (χ2n) is 2.50. The molecule has 0 saturated carbocycles. The Morgan fingerprint density at radius 1 is 0.172 bits per heavy atom. The van der Waals surface area contributed by atoms with E-state index in [1.54, 1.807) is 0 Å². The summed E-state index contributed by atoms with van der Waals surface area (Å²) in [6.07, 6.45) is 0. The molecule has 0 saturated heterocycles. The van der Waals surface area contributed by atoms with Gasteiger partial charge < -0.3 is 141 Å². The van der Waals surface area contributed by atoms with Crippen molar-refractivity contribution in [3.8, 4) is 0 Å². The molecule has 0 aliphatic heterocycles. The van der Waals surface area contributed by atoms with Crippen molar-refractivity contribution >= 4 is 45.2 Å². The Morgan fingerprint density at radius 3 is 0.172 bits per heavy atom. The van der Waals surface area contributed by atoms with E-state index in [1.807, 2.05) is 0 Å². The zero-order chi connectivity index (χ0) is 22.5. The van der Waals surface area contributed by atoms with Crippen LogP contribution in [0.15, 0.2) is 0 Å². The van der Waals surface area contributed by atoms with Gasteiger partial charge in [0.05, 0.1) is 0 Å². The molecule has 0 aliphatic carbocycles. The van der Waals surface area contributed by atoms with Crippen molar-refractivity contribution in [2.24, 2.45) is 0 Å². The molecule has 0 N–H and O–H groups in total. The van der Waals surface area contributed by atoms with Crippen molar-refractivity contribution in [1.29, 1.82) is 0 Å². The van der Waals surface area contributed by atoms with Crippen LogP contribution in [0.5, 0.6) is 0 Å². The molecule has 0 atom stereocenters. The molecule has 0 aromatic heterocycles. The summed E-state index contributed by atoms with van der Waals surface area (Å²) >= 11 is 0. The van der Waals surface area contributed by atoms with Crippen LogP contribution >= 0.6 is 0 Å². The maximum absolute atomic E-state index is 8.58. The van der Waals surface area contributed by atoms with Gasteiger partial charge in [-0.3, -0.25) is 0 Å². The molecule has 0 spiro atoms. The minimum atomic E-state index is -5.61. The molecule has 0 radical (unpaired) electrons. The quantitative estimate of drug-likeness (QED) is 0.204. The first kappa shape index (κ1) is 58.3. The van der Waals surface area contributed by atoms with Gasteiger partial charge in [-0.05, 0) is 0 Å². The van der Waals surface area contributed by atoms with E-state index < -0.39 is 45.2 Å². The minimum absolute atomic E-state index is 0. The van der Waals surface area contributed by atoms with E-state index in [0.29, 0.717) is 0 Å². The van der Waals surface area contributed by atoms with E-state index in [2.05, 4.69) is 0 Å². The van der Waals surface area contributed by atoms with E-state index in [1.165, 1.54) is 0 Å². The molecule has 0 aromatic rings. The van der Waals surface area contributed by atoms with Crippen LogP contribution in [0.1, 0.15) is 0 Å². The fourth-order valence-electron chi connectivity index (χ4n) is 0. The summed E-state index contributed by atoms with van der Waals surface area (Å²) in [5.74, 6) is 0. The maximum Gasteiger partial charge on any atom is 5.00 e. The van der Waals surface area contributed by atoms with Crippen LogP contribution < -0.4 is 95.9 Å². The van der Waals surface area contributed by atoms with E-state index in [-0.39, 0.29) is 89.5 Å². The largest absolute Gasteiger partial charge is 5.00 e. The molecule has 0 bridgehead atoms. The molecule has 0 unspecified atom stereocenters. The van der Waals surface area contributed by atoms with Gasteiger partial charge in [0.2, 0.25) is 0 Å². The maximum atomic E-state index is 8.58. The summed E-state index contributed by atoms with van der Waals surface area (Å²) in [6.45, 7) is 0. The van der Waals surface area contributed by atoms with Gasteiger partial charge in [0.1, 0.15) is 0 Å². The zero-order valence-corrected chi connectivity index (χ0v) is 26.2. The monoisotopic (exact) mass is 831 g/mol. The summed E-state index contributed by atoms with van der Waals surface area (Å²) in [7, 11) is -28.1. The standard InChI is InChI=1S/4Nb.5O4Si/c;;;;5*1-5(2,3)4/q4*+5;5*-4. The smallest absolute Gasteiger partial charge is 0.894 e. The third kappa shape index (κ3) is 2540. The molecule has 160 valence electrons. The fourth-order valence-corrected chi connectivity index (χ4v) is 0. The summed E-state index contributed by atoms with van der Waals surface area (Å²) in [6, 6.07) is 0. The summed E-state index contributed by atoms with van der Waals surface area (Å²) in [5, 5.41) is 0. The van der Waals surface area contributed by atoms with Crippen LogP contribution in [0.3, 0.4) is 0 Å². The predicted octanol–water partition coefficient (Wildman–Crippen LogP) is -25.7. The Balaban J connectivity index is -0.0000000238. The SMILES string of the molecule is [Nb+5].[Nb+5].[Nb+5].[Nb+5].[O-][Si]([O-])([O-])[O-].[O-][Si]([O-])([O-])[O-].[O-][Si]([O-])([O-])[O-].[O-][Si]([O-])([O-])[O-].[O-][Si]([O-])([O-])[O-]. The molecule has 0 heterocycles. The molecular formula is Nb4O20Si5. The summed E-state index contributed by atoms with van der Waals surface area (Å²) in [5.41, 5.74) is 0. The first-order valence-corrected chi connectivity index (χ1v) is 12.2. The average Bonchev–Trinajstić information content (AvgIpc) is 1.79. The van der Waals surface area contributed by atoms with Gasteiger partial charge in [-0.25, -0.2) is 0 Å². The first-order valence-electron chi connectivity index (χ1n) is 4.08. The third-order valence-electron chi connectivity index (χ3n) is 0. The predicted molar refractivity (Wildman–Crippen MR) is 28.8 cm³/mol. The molecule has 29 heavy (non-hydrogen) atoms. The molecule has 0 fully saturated rings. The Kier molecular flexibility index (Phi) is 52.0.